The number of anilines is 1. The van der Waals surface area contributed by atoms with Crippen LogP contribution in [0.2, 0.25) is 0 Å². The van der Waals surface area contributed by atoms with E-state index in [1.54, 1.807) is 6.07 Å². The van der Waals surface area contributed by atoms with E-state index < -0.39 is 0 Å². The van der Waals surface area contributed by atoms with E-state index in [0.717, 1.165) is 22.4 Å². The zero-order valence-electron chi connectivity index (χ0n) is 15.9. The summed E-state index contributed by atoms with van der Waals surface area (Å²) < 4.78 is 5.71. The number of nitrogens with one attached hydrogen (secondary N) is 2. The molecule has 0 spiro atoms. The lowest BCUT2D eigenvalue weighted by molar-refractivity contribution is -0.123. The van der Waals surface area contributed by atoms with Crippen LogP contribution in [0.5, 0.6) is 5.75 Å². The Morgan fingerprint density at radius 3 is 2.24 bits per heavy atom. The van der Waals surface area contributed by atoms with Crippen LogP contribution in [0.3, 0.4) is 0 Å². The van der Waals surface area contributed by atoms with E-state index in [4.69, 9.17) is 4.74 Å². The van der Waals surface area contributed by atoms with Crippen LogP contribution in [0, 0.1) is 0 Å². The van der Waals surface area contributed by atoms with E-state index in [0.29, 0.717) is 18.6 Å². The molecule has 5 nitrogen and oxygen atoms in total. The highest BCUT2D eigenvalue weighted by atomic mass is 16.5. The summed E-state index contributed by atoms with van der Waals surface area (Å²) >= 11 is 0. The van der Waals surface area contributed by atoms with Crippen LogP contribution in [-0.2, 0) is 16.0 Å². The summed E-state index contributed by atoms with van der Waals surface area (Å²) in [5.41, 5.74) is 3.85. The fourth-order valence-corrected chi connectivity index (χ4v) is 3.45. The summed E-state index contributed by atoms with van der Waals surface area (Å²) in [6.07, 6.45) is 1.14. The Kier molecular flexibility index (Phi) is 5.56. The van der Waals surface area contributed by atoms with Gasteiger partial charge in [-0.05, 0) is 41.3 Å². The van der Waals surface area contributed by atoms with E-state index >= 15 is 0 Å². The minimum atomic E-state index is -0.243. The van der Waals surface area contributed by atoms with Gasteiger partial charge in [0.25, 0.3) is 5.91 Å². The summed E-state index contributed by atoms with van der Waals surface area (Å²) in [6, 6.07) is 24.9. The van der Waals surface area contributed by atoms with Gasteiger partial charge < -0.3 is 15.4 Å². The fourth-order valence-electron chi connectivity index (χ4n) is 3.45. The molecule has 2 N–H and O–H groups in total. The summed E-state index contributed by atoms with van der Waals surface area (Å²) in [6.45, 7) is -0.0820. The van der Waals surface area contributed by atoms with Crippen molar-refractivity contribution in [3.8, 4) is 5.75 Å². The molecule has 0 saturated carbocycles. The Hall–Kier alpha value is -3.60. The van der Waals surface area contributed by atoms with Gasteiger partial charge in [0.2, 0.25) is 5.91 Å². The lowest BCUT2D eigenvalue weighted by Crippen LogP contribution is -2.33. The van der Waals surface area contributed by atoms with Crippen molar-refractivity contribution in [1.29, 1.82) is 0 Å². The van der Waals surface area contributed by atoms with E-state index in [1.165, 1.54) is 0 Å². The molecule has 0 fully saturated rings. The molecule has 3 aromatic rings. The average molecular weight is 386 g/mol. The maximum atomic E-state index is 12.6. The van der Waals surface area contributed by atoms with Crippen LogP contribution in [0.25, 0.3) is 0 Å². The van der Waals surface area contributed by atoms with Gasteiger partial charge in [-0.2, -0.15) is 0 Å². The van der Waals surface area contributed by atoms with Gasteiger partial charge in [-0.15, -0.1) is 0 Å². The second kappa shape index (κ2) is 8.61. The van der Waals surface area contributed by atoms with Crippen molar-refractivity contribution in [1.82, 2.24) is 5.32 Å². The highest BCUT2D eigenvalue weighted by Crippen LogP contribution is 2.27. The Labute approximate surface area is 169 Å². The highest BCUT2D eigenvalue weighted by Gasteiger charge is 2.18. The topological polar surface area (TPSA) is 67.4 Å². The van der Waals surface area contributed by atoms with Crippen LogP contribution in [0.4, 0.5) is 5.69 Å². The summed E-state index contributed by atoms with van der Waals surface area (Å²) in [7, 11) is 0. The molecule has 1 aliphatic heterocycles. The van der Waals surface area contributed by atoms with E-state index in [2.05, 4.69) is 10.6 Å². The number of hydrogen-bond acceptors (Lipinski definition) is 3. The van der Waals surface area contributed by atoms with Crippen molar-refractivity contribution in [2.75, 3.05) is 11.9 Å². The minimum Gasteiger partial charge on any atom is -0.484 e. The molecule has 0 aromatic heterocycles. The Bertz CT molecular complexity index is 964. The fraction of sp³-hybridized carbons (Fsp3) is 0.167. The van der Waals surface area contributed by atoms with Crippen molar-refractivity contribution in [2.24, 2.45) is 0 Å². The monoisotopic (exact) mass is 386 g/mol. The molecule has 0 bridgehead atoms. The molecular formula is C24H22N2O3. The molecule has 1 heterocycles. The first kappa shape index (κ1) is 18.7. The molecule has 0 radical (unpaired) electrons. The Balaban J connectivity index is 1.43. The average Bonchev–Trinajstić information content (AvgIpc) is 2.77. The zero-order valence-corrected chi connectivity index (χ0v) is 15.9. The smallest absolute Gasteiger partial charge is 0.258 e. The molecule has 0 saturated heterocycles. The van der Waals surface area contributed by atoms with Gasteiger partial charge in [0.1, 0.15) is 5.75 Å². The maximum absolute atomic E-state index is 12.6. The van der Waals surface area contributed by atoms with Crippen molar-refractivity contribution >= 4 is 17.5 Å². The second-order valence-corrected chi connectivity index (χ2v) is 6.98. The molecular weight excluding hydrogens is 364 g/mol. The molecule has 0 aliphatic carbocycles. The molecule has 0 unspecified atom stereocenters. The quantitative estimate of drug-likeness (QED) is 0.676. The van der Waals surface area contributed by atoms with Gasteiger partial charge in [-0.3, -0.25) is 9.59 Å². The van der Waals surface area contributed by atoms with Crippen molar-refractivity contribution in [3.63, 3.8) is 0 Å². The third-order valence-corrected chi connectivity index (χ3v) is 4.91. The normalized spacial score (nSPS) is 12.8. The summed E-state index contributed by atoms with van der Waals surface area (Å²) in [5.74, 6) is 0.443. The first-order chi connectivity index (χ1) is 14.2. The largest absolute Gasteiger partial charge is 0.484 e. The third-order valence-electron chi connectivity index (χ3n) is 4.91. The molecule has 0 atom stereocenters. The van der Waals surface area contributed by atoms with E-state index in [9.17, 15) is 9.59 Å². The summed E-state index contributed by atoms with van der Waals surface area (Å²) in [5, 5.41) is 5.91. The molecule has 2 amide bonds. The van der Waals surface area contributed by atoms with Gasteiger partial charge >= 0.3 is 0 Å². The third kappa shape index (κ3) is 4.63. The number of hydrogen-bond donors (Lipinski definition) is 2. The van der Waals surface area contributed by atoms with Gasteiger partial charge in [0, 0.05) is 12.1 Å². The Morgan fingerprint density at radius 2 is 1.59 bits per heavy atom. The lowest BCUT2D eigenvalue weighted by Gasteiger charge is -2.20. The highest BCUT2D eigenvalue weighted by molar-refractivity contribution is 5.94. The predicted octanol–water partition coefficient (Wildman–Crippen LogP) is 3.86. The lowest BCUT2D eigenvalue weighted by atomic mass is 9.99. The Morgan fingerprint density at radius 1 is 0.931 bits per heavy atom. The number of carbonyl (C=O) groups excluding carboxylic acids is 2. The van der Waals surface area contributed by atoms with Crippen LogP contribution >= 0.6 is 0 Å². The van der Waals surface area contributed by atoms with Crippen molar-refractivity contribution < 1.29 is 14.3 Å². The first-order valence-electron chi connectivity index (χ1n) is 9.64. The number of amides is 2. The first-order valence-corrected chi connectivity index (χ1v) is 9.64. The van der Waals surface area contributed by atoms with Gasteiger partial charge in [0.15, 0.2) is 6.61 Å². The van der Waals surface area contributed by atoms with Crippen LogP contribution in [0.1, 0.15) is 29.2 Å². The number of aryl methyl sites for hydroxylation is 1. The van der Waals surface area contributed by atoms with E-state index in [1.807, 2.05) is 72.8 Å². The molecule has 5 heteroatoms. The SMILES string of the molecule is O=C1CCc2cc(OCC(=O)NC(c3ccccc3)c3ccccc3)ccc2N1. The van der Waals surface area contributed by atoms with Crippen molar-refractivity contribution in [3.05, 3.63) is 95.6 Å². The molecule has 4 rings (SSSR count). The van der Waals surface area contributed by atoms with Crippen LogP contribution in [0.15, 0.2) is 78.9 Å². The molecule has 3 aromatic carbocycles. The molecule has 29 heavy (non-hydrogen) atoms. The second-order valence-electron chi connectivity index (χ2n) is 6.98. The van der Waals surface area contributed by atoms with Gasteiger partial charge in [0.05, 0.1) is 6.04 Å². The van der Waals surface area contributed by atoms with Gasteiger partial charge in [-0.25, -0.2) is 0 Å². The minimum absolute atomic E-state index is 0.0263. The van der Waals surface area contributed by atoms with Crippen LogP contribution < -0.4 is 15.4 Å². The number of fused-ring (bicyclic) bond motifs is 1. The molecule has 1 aliphatic rings. The zero-order chi connectivity index (χ0) is 20.1. The van der Waals surface area contributed by atoms with Gasteiger partial charge in [-0.1, -0.05) is 60.7 Å². The number of rotatable bonds is 6. The van der Waals surface area contributed by atoms with Crippen molar-refractivity contribution in [2.45, 2.75) is 18.9 Å². The predicted molar refractivity (Wildman–Crippen MR) is 112 cm³/mol. The number of carbonyl (C=O) groups is 2. The summed E-state index contributed by atoms with van der Waals surface area (Å²) in [4.78, 5) is 24.1. The molecule has 146 valence electrons. The van der Waals surface area contributed by atoms with Crippen LogP contribution in [-0.4, -0.2) is 18.4 Å². The standard InChI is InChI=1S/C24H22N2O3/c27-22-14-11-19-15-20(12-13-21(19)25-22)29-16-23(28)26-24(17-7-3-1-4-8-17)18-9-5-2-6-10-18/h1-10,12-13,15,24H,11,14,16H2,(H,25,27)(H,26,28). The number of benzene rings is 3. The van der Waals surface area contributed by atoms with E-state index in [-0.39, 0.29) is 24.5 Å². The maximum Gasteiger partial charge on any atom is 0.258 e. The number of ether oxygens (including phenoxy) is 1.